The van der Waals surface area contributed by atoms with Crippen LogP contribution in [0.4, 0.5) is 0 Å². The molecule has 1 amide bonds. The number of aromatic nitrogens is 3. The number of para-hydroxylation sites is 1. The summed E-state index contributed by atoms with van der Waals surface area (Å²) in [5.74, 6) is 1.63. The molecule has 5 heteroatoms. The largest absolute Gasteiger partial charge is 0.349 e. The van der Waals surface area contributed by atoms with Crippen LogP contribution in [0.1, 0.15) is 40.8 Å². The molecule has 0 spiro atoms. The van der Waals surface area contributed by atoms with Crippen LogP contribution in [0, 0.1) is 6.92 Å². The molecular formula is C19H20N4O. The van der Waals surface area contributed by atoms with Gasteiger partial charge >= 0.3 is 0 Å². The van der Waals surface area contributed by atoms with E-state index in [1.807, 2.05) is 36.5 Å². The van der Waals surface area contributed by atoms with E-state index in [2.05, 4.69) is 26.8 Å². The van der Waals surface area contributed by atoms with Gasteiger partial charge in [0.1, 0.15) is 11.5 Å². The summed E-state index contributed by atoms with van der Waals surface area (Å²) in [4.78, 5) is 21.3. The highest BCUT2D eigenvalue weighted by atomic mass is 16.1. The van der Waals surface area contributed by atoms with Crippen molar-refractivity contribution in [2.45, 2.75) is 32.2 Å². The maximum absolute atomic E-state index is 12.3. The van der Waals surface area contributed by atoms with Crippen LogP contribution in [0.5, 0.6) is 0 Å². The number of imidazole rings is 1. The summed E-state index contributed by atoms with van der Waals surface area (Å²) in [7, 11) is 0. The van der Waals surface area contributed by atoms with E-state index in [-0.39, 0.29) is 5.91 Å². The summed E-state index contributed by atoms with van der Waals surface area (Å²) < 4.78 is 2.21. The number of fused-ring (bicyclic) bond motifs is 1. The van der Waals surface area contributed by atoms with Crippen LogP contribution in [0.25, 0.3) is 10.9 Å². The molecule has 1 aromatic carbocycles. The molecule has 1 N–H and O–H groups in total. The van der Waals surface area contributed by atoms with Crippen molar-refractivity contribution >= 4 is 16.8 Å². The molecule has 5 nitrogen and oxygen atoms in total. The highest BCUT2D eigenvalue weighted by molar-refractivity contribution is 5.94. The number of hydrogen-bond acceptors (Lipinski definition) is 3. The number of amides is 1. The first-order valence-electron chi connectivity index (χ1n) is 8.38. The third kappa shape index (κ3) is 2.89. The topological polar surface area (TPSA) is 59.8 Å². The zero-order chi connectivity index (χ0) is 16.5. The van der Waals surface area contributed by atoms with E-state index >= 15 is 0 Å². The zero-order valence-corrected chi connectivity index (χ0v) is 13.7. The molecule has 0 aliphatic heterocycles. The molecule has 122 valence electrons. The fourth-order valence-corrected chi connectivity index (χ4v) is 3.00. The van der Waals surface area contributed by atoms with Gasteiger partial charge in [-0.3, -0.25) is 4.79 Å². The molecule has 2 aromatic heterocycles. The number of nitrogens with zero attached hydrogens (tertiary/aromatic N) is 3. The van der Waals surface area contributed by atoms with Crippen molar-refractivity contribution in [1.82, 2.24) is 19.9 Å². The van der Waals surface area contributed by atoms with Gasteiger partial charge in [0, 0.05) is 36.3 Å². The third-order valence-electron chi connectivity index (χ3n) is 4.48. The Morgan fingerprint density at radius 3 is 2.92 bits per heavy atom. The van der Waals surface area contributed by atoms with E-state index in [1.165, 1.54) is 12.8 Å². The van der Waals surface area contributed by atoms with Gasteiger partial charge in [-0.15, -0.1) is 0 Å². The summed E-state index contributed by atoms with van der Waals surface area (Å²) in [6.45, 7) is 3.38. The van der Waals surface area contributed by atoms with E-state index < -0.39 is 0 Å². The van der Waals surface area contributed by atoms with Gasteiger partial charge in [0.05, 0.1) is 5.52 Å². The third-order valence-corrected chi connectivity index (χ3v) is 4.48. The van der Waals surface area contributed by atoms with Gasteiger partial charge in [-0.1, -0.05) is 24.3 Å². The first kappa shape index (κ1) is 14.9. The first-order chi connectivity index (χ1) is 11.7. The lowest BCUT2D eigenvalue weighted by Crippen LogP contribution is -2.28. The zero-order valence-electron chi connectivity index (χ0n) is 13.7. The molecule has 0 radical (unpaired) electrons. The maximum Gasteiger partial charge on any atom is 0.269 e. The van der Waals surface area contributed by atoms with Crippen molar-refractivity contribution in [2.75, 3.05) is 6.54 Å². The van der Waals surface area contributed by atoms with Crippen LogP contribution in [0.2, 0.25) is 0 Å². The maximum atomic E-state index is 12.3. The SMILES string of the molecule is Cc1cnc(C2CC2)n1CCNC(=O)c1ccc2ccccc2n1. The second kappa shape index (κ2) is 6.07. The quantitative estimate of drug-likeness (QED) is 0.786. The lowest BCUT2D eigenvalue weighted by atomic mass is 10.2. The van der Waals surface area contributed by atoms with Crippen LogP contribution in [0.15, 0.2) is 42.6 Å². The number of nitrogens with one attached hydrogen (secondary N) is 1. The molecule has 0 unspecified atom stereocenters. The lowest BCUT2D eigenvalue weighted by Gasteiger charge is -2.11. The Morgan fingerprint density at radius 2 is 2.08 bits per heavy atom. The summed E-state index contributed by atoms with van der Waals surface area (Å²) in [6.07, 6.45) is 4.37. The van der Waals surface area contributed by atoms with Gasteiger partial charge in [0.25, 0.3) is 5.91 Å². The van der Waals surface area contributed by atoms with Crippen LogP contribution in [-0.2, 0) is 6.54 Å². The number of rotatable bonds is 5. The minimum absolute atomic E-state index is 0.133. The molecule has 0 atom stereocenters. The first-order valence-corrected chi connectivity index (χ1v) is 8.38. The van der Waals surface area contributed by atoms with Crippen molar-refractivity contribution in [3.63, 3.8) is 0 Å². The predicted octanol–water partition coefficient (Wildman–Crippen LogP) is 3.05. The van der Waals surface area contributed by atoms with Crippen molar-refractivity contribution in [3.05, 3.63) is 59.8 Å². The Morgan fingerprint density at radius 1 is 1.25 bits per heavy atom. The van der Waals surface area contributed by atoms with Crippen LogP contribution < -0.4 is 5.32 Å². The standard InChI is InChI=1S/C19H20N4O/c1-13-12-21-18(15-6-7-15)23(13)11-10-20-19(24)17-9-8-14-4-2-3-5-16(14)22-17/h2-5,8-9,12,15H,6-7,10-11H2,1H3,(H,20,24). The molecule has 1 saturated carbocycles. The van der Waals surface area contributed by atoms with E-state index in [1.54, 1.807) is 6.07 Å². The minimum Gasteiger partial charge on any atom is -0.349 e. The molecule has 2 heterocycles. The van der Waals surface area contributed by atoms with Gasteiger partial charge in [0.15, 0.2) is 0 Å². The number of hydrogen-bond donors (Lipinski definition) is 1. The average Bonchev–Trinajstić information content (AvgIpc) is 3.39. The molecule has 0 saturated heterocycles. The Balaban J connectivity index is 1.42. The summed E-state index contributed by atoms with van der Waals surface area (Å²) in [6, 6.07) is 11.5. The second-order valence-corrected chi connectivity index (χ2v) is 6.33. The Labute approximate surface area is 140 Å². The second-order valence-electron chi connectivity index (χ2n) is 6.33. The van der Waals surface area contributed by atoms with E-state index in [4.69, 9.17) is 0 Å². The van der Waals surface area contributed by atoms with E-state index in [0.29, 0.717) is 18.2 Å². The summed E-state index contributed by atoms with van der Waals surface area (Å²) >= 11 is 0. The Hall–Kier alpha value is -2.69. The molecule has 3 aromatic rings. The van der Waals surface area contributed by atoms with Crippen molar-refractivity contribution in [2.24, 2.45) is 0 Å². The molecule has 1 aliphatic carbocycles. The van der Waals surface area contributed by atoms with Gasteiger partial charge in [-0.2, -0.15) is 0 Å². The summed E-state index contributed by atoms with van der Waals surface area (Å²) in [5, 5.41) is 4.00. The molecule has 1 aliphatic rings. The van der Waals surface area contributed by atoms with Gasteiger partial charge in [-0.05, 0) is 31.9 Å². The highest BCUT2D eigenvalue weighted by Gasteiger charge is 2.28. The molecule has 24 heavy (non-hydrogen) atoms. The summed E-state index contributed by atoms with van der Waals surface area (Å²) in [5.41, 5.74) is 2.44. The van der Waals surface area contributed by atoms with Crippen LogP contribution >= 0.6 is 0 Å². The molecular weight excluding hydrogens is 300 g/mol. The molecule has 0 bridgehead atoms. The predicted molar refractivity (Wildman–Crippen MR) is 93.0 cm³/mol. The van der Waals surface area contributed by atoms with Crippen molar-refractivity contribution < 1.29 is 4.79 Å². The van der Waals surface area contributed by atoms with Crippen LogP contribution in [-0.4, -0.2) is 27.0 Å². The smallest absolute Gasteiger partial charge is 0.269 e. The Bertz CT molecular complexity index is 895. The fourth-order valence-electron chi connectivity index (χ4n) is 3.00. The van der Waals surface area contributed by atoms with Gasteiger partial charge < -0.3 is 9.88 Å². The van der Waals surface area contributed by atoms with E-state index in [9.17, 15) is 4.79 Å². The normalized spacial score (nSPS) is 14.0. The highest BCUT2D eigenvalue weighted by Crippen LogP contribution is 2.39. The number of carbonyl (C=O) groups is 1. The van der Waals surface area contributed by atoms with Gasteiger partial charge in [0.2, 0.25) is 0 Å². The Kier molecular flexibility index (Phi) is 3.76. The van der Waals surface area contributed by atoms with Crippen molar-refractivity contribution in [3.8, 4) is 0 Å². The fraction of sp³-hybridized carbons (Fsp3) is 0.316. The molecule has 1 fully saturated rings. The lowest BCUT2D eigenvalue weighted by molar-refractivity contribution is 0.0947. The van der Waals surface area contributed by atoms with Crippen molar-refractivity contribution in [1.29, 1.82) is 0 Å². The average molecular weight is 320 g/mol. The molecule has 4 rings (SSSR count). The monoisotopic (exact) mass is 320 g/mol. The number of carbonyl (C=O) groups excluding carboxylic acids is 1. The van der Waals surface area contributed by atoms with E-state index in [0.717, 1.165) is 29.0 Å². The number of pyridine rings is 1. The van der Waals surface area contributed by atoms with Crippen LogP contribution in [0.3, 0.4) is 0 Å². The number of benzene rings is 1. The minimum atomic E-state index is -0.133. The number of aryl methyl sites for hydroxylation is 1. The van der Waals surface area contributed by atoms with Gasteiger partial charge in [-0.25, -0.2) is 9.97 Å².